The Morgan fingerprint density at radius 1 is 1.47 bits per heavy atom. The Hall–Kier alpha value is -1.59. The third kappa shape index (κ3) is 4.05. The van der Waals surface area contributed by atoms with E-state index in [-0.39, 0.29) is 0 Å². The summed E-state index contributed by atoms with van der Waals surface area (Å²) in [6, 6.07) is 9.38. The fourth-order valence-corrected chi connectivity index (χ4v) is 1.52. The summed E-state index contributed by atoms with van der Waals surface area (Å²) in [5, 5.41) is 21.9. The van der Waals surface area contributed by atoms with E-state index in [9.17, 15) is 5.02 Å². The van der Waals surface area contributed by atoms with E-state index in [1.165, 1.54) is 0 Å². The van der Waals surface area contributed by atoms with Crippen molar-refractivity contribution < 1.29 is 10.2 Å². The maximum Gasteiger partial charge on any atom is 0.377 e. The molecule has 0 amide bonds. The van der Waals surface area contributed by atoms with Crippen LogP contribution in [-0.2, 0) is 0 Å². The lowest BCUT2D eigenvalue weighted by molar-refractivity contribution is 0.315. The van der Waals surface area contributed by atoms with Gasteiger partial charge in [0.25, 0.3) is 0 Å². The molecule has 0 unspecified atom stereocenters. The van der Waals surface area contributed by atoms with E-state index in [0.717, 1.165) is 5.56 Å². The van der Waals surface area contributed by atoms with Crippen LogP contribution in [0.4, 0.5) is 0 Å². The maximum absolute atomic E-state index is 9.58. The first kappa shape index (κ1) is 13.5. The van der Waals surface area contributed by atoms with Crippen molar-refractivity contribution >= 4 is 12.8 Å². The van der Waals surface area contributed by atoms with Crippen LogP contribution in [0.2, 0.25) is 6.82 Å². The van der Waals surface area contributed by atoms with Crippen molar-refractivity contribution in [3.05, 3.63) is 48.6 Å². The monoisotopic (exact) mass is 232 g/mol. The van der Waals surface area contributed by atoms with Crippen LogP contribution in [0, 0.1) is 0 Å². The summed E-state index contributed by atoms with van der Waals surface area (Å²) >= 11 is 0. The van der Waals surface area contributed by atoms with Gasteiger partial charge in [-0.2, -0.15) is 0 Å². The van der Waals surface area contributed by atoms with Gasteiger partial charge in [0, 0.05) is 18.7 Å². The van der Waals surface area contributed by atoms with Gasteiger partial charge in [-0.15, -0.1) is 6.58 Å². The number of benzene rings is 1. The highest BCUT2D eigenvalue weighted by Gasteiger charge is 2.17. The van der Waals surface area contributed by atoms with Crippen molar-refractivity contribution in [1.29, 1.82) is 0 Å². The molecule has 0 fully saturated rings. The van der Waals surface area contributed by atoms with Gasteiger partial charge in [0.05, 0.1) is 5.71 Å². The molecule has 4 nitrogen and oxygen atoms in total. The van der Waals surface area contributed by atoms with E-state index in [1.807, 2.05) is 30.3 Å². The largest absolute Gasteiger partial charge is 0.437 e. The minimum atomic E-state index is -0.617. The minimum Gasteiger partial charge on any atom is -0.437 e. The standard InChI is InChI=1S/C12H17BN2O2/c1-3-9-15(13(2)16)10-12(14-17)11-7-5-4-6-8-11/h3-8,16-17H,1,9-10H2,2H3. The molecular weight excluding hydrogens is 215 g/mol. The molecule has 0 saturated heterocycles. The maximum atomic E-state index is 9.58. The summed E-state index contributed by atoms with van der Waals surface area (Å²) in [4.78, 5) is 1.75. The summed E-state index contributed by atoms with van der Waals surface area (Å²) in [7, 11) is -0.617. The first-order chi connectivity index (χ1) is 8.19. The highest BCUT2D eigenvalue weighted by molar-refractivity contribution is 6.45. The number of rotatable bonds is 6. The molecule has 0 aromatic heterocycles. The van der Waals surface area contributed by atoms with Crippen LogP contribution in [0.3, 0.4) is 0 Å². The molecule has 2 N–H and O–H groups in total. The van der Waals surface area contributed by atoms with Crippen molar-refractivity contribution in [3.8, 4) is 0 Å². The van der Waals surface area contributed by atoms with Gasteiger partial charge in [0.15, 0.2) is 0 Å². The lowest BCUT2D eigenvalue weighted by Crippen LogP contribution is -2.41. The third-order valence-corrected chi connectivity index (χ3v) is 2.47. The Bertz CT molecular complexity index is 379. The Morgan fingerprint density at radius 2 is 2.12 bits per heavy atom. The molecule has 0 aliphatic carbocycles. The Kier molecular flexibility index (Phi) is 5.46. The molecule has 1 aromatic rings. The Labute approximate surface area is 102 Å². The van der Waals surface area contributed by atoms with E-state index in [0.29, 0.717) is 18.8 Å². The number of hydrogen-bond acceptors (Lipinski definition) is 4. The summed E-state index contributed by atoms with van der Waals surface area (Å²) in [5.41, 5.74) is 1.36. The SMILES string of the molecule is C=CCN(CC(=NO)c1ccccc1)B(C)O. The Morgan fingerprint density at radius 3 is 2.59 bits per heavy atom. The highest BCUT2D eigenvalue weighted by Crippen LogP contribution is 2.04. The van der Waals surface area contributed by atoms with Gasteiger partial charge in [0.1, 0.15) is 0 Å². The van der Waals surface area contributed by atoms with Crippen LogP contribution in [0.15, 0.2) is 48.1 Å². The molecule has 0 spiro atoms. The van der Waals surface area contributed by atoms with Crippen LogP contribution < -0.4 is 0 Å². The summed E-state index contributed by atoms with van der Waals surface area (Å²) in [6.07, 6.45) is 1.70. The molecule has 5 heteroatoms. The summed E-state index contributed by atoms with van der Waals surface area (Å²) < 4.78 is 0. The van der Waals surface area contributed by atoms with Gasteiger partial charge >= 0.3 is 7.05 Å². The van der Waals surface area contributed by atoms with Gasteiger partial charge in [-0.05, 0) is 6.82 Å². The highest BCUT2D eigenvalue weighted by atomic mass is 16.4. The van der Waals surface area contributed by atoms with Crippen LogP contribution in [0.1, 0.15) is 5.56 Å². The predicted molar refractivity (Wildman–Crippen MR) is 70.4 cm³/mol. The average Bonchev–Trinajstić information content (AvgIpc) is 2.35. The quantitative estimate of drug-likeness (QED) is 0.256. The van der Waals surface area contributed by atoms with E-state index >= 15 is 0 Å². The fourth-order valence-electron chi connectivity index (χ4n) is 1.52. The zero-order chi connectivity index (χ0) is 12.7. The topological polar surface area (TPSA) is 56.1 Å². The van der Waals surface area contributed by atoms with Crippen LogP contribution in [0.5, 0.6) is 0 Å². The second-order valence-corrected chi connectivity index (χ2v) is 3.76. The molecule has 17 heavy (non-hydrogen) atoms. The molecule has 0 bridgehead atoms. The molecule has 0 atom stereocenters. The Balaban J connectivity index is 2.79. The van der Waals surface area contributed by atoms with Gasteiger partial charge in [0.2, 0.25) is 0 Å². The van der Waals surface area contributed by atoms with Crippen LogP contribution in [-0.4, -0.2) is 40.9 Å². The molecule has 1 rings (SSSR count). The molecule has 0 radical (unpaired) electrons. The first-order valence-corrected chi connectivity index (χ1v) is 5.48. The van der Waals surface area contributed by atoms with Gasteiger partial charge < -0.3 is 15.0 Å². The molecule has 0 saturated carbocycles. The number of oxime groups is 1. The van der Waals surface area contributed by atoms with Crippen molar-refractivity contribution in [2.24, 2.45) is 5.16 Å². The number of nitrogens with zero attached hydrogens (tertiary/aromatic N) is 2. The summed E-state index contributed by atoms with van der Waals surface area (Å²) in [5.74, 6) is 0. The molecule has 0 aliphatic heterocycles. The first-order valence-electron chi connectivity index (χ1n) is 5.48. The van der Waals surface area contributed by atoms with E-state index in [2.05, 4.69) is 11.7 Å². The molecule has 0 heterocycles. The van der Waals surface area contributed by atoms with Crippen molar-refractivity contribution in [2.75, 3.05) is 13.1 Å². The molecule has 1 aromatic carbocycles. The second kappa shape index (κ2) is 6.88. The van der Waals surface area contributed by atoms with Gasteiger partial charge in [-0.3, -0.25) is 0 Å². The molecule has 90 valence electrons. The van der Waals surface area contributed by atoms with Gasteiger partial charge in [-0.25, -0.2) is 0 Å². The van der Waals surface area contributed by atoms with Crippen molar-refractivity contribution in [2.45, 2.75) is 6.82 Å². The minimum absolute atomic E-state index is 0.365. The average molecular weight is 232 g/mol. The second-order valence-electron chi connectivity index (χ2n) is 3.76. The molecule has 0 aliphatic rings. The normalized spacial score (nSPS) is 11.6. The zero-order valence-electron chi connectivity index (χ0n) is 9.95. The van der Waals surface area contributed by atoms with Crippen LogP contribution in [0.25, 0.3) is 0 Å². The molecular formula is C12H17BN2O2. The van der Waals surface area contributed by atoms with E-state index in [1.54, 1.807) is 17.7 Å². The number of hydrogen-bond donors (Lipinski definition) is 2. The van der Waals surface area contributed by atoms with Crippen LogP contribution >= 0.6 is 0 Å². The van der Waals surface area contributed by atoms with Crippen molar-refractivity contribution in [1.82, 2.24) is 4.81 Å². The lowest BCUT2D eigenvalue weighted by atomic mass is 9.84. The zero-order valence-corrected chi connectivity index (χ0v) is 9.95. The van der Waals surface area contributed by atoms with Crippen molar-refractivity contribution in [3.63, 3.8) is 0 Å². The predicted octanol–water partition coefficient (Wildman–Crippen LogP) is 1.46. The summed E-state index contributed by atoms with van der Waals surface area (Å²) in [6.45, 7) is 6.20. The smallest absolute Gasteiger partial charge is 0.377 e. The van der Waals surface area contributed by atoms with E-state index < -0.39 is 7.05 Å². The fraction of sp³-hybridized carbons (Fsp3) is 0.250. The lowest BCUT2D eigenvalue weighted by Gasteiger charge is -2.21. The van der Waals surface area contributed by atoms with E-state index in [4.69, 9.17) is 5.21 Å². The van der Waals surface area contributed by atoms with Gasteiger partial charge in [-0.1, -0.05) is 41.6 Å². The third-order valence-electron chi connectivity index (χ3n) is 2.47.